The first-order valence-electron chi connectivity index (χ1n) is 4.36. The van der Waals surface area contributed by atoms with Crippen LogP contribution in [0.4, 0.5) is 18.0 Å². The minimum Gasteiger partial charge on any atom is -0.481 e. The van der Waals surface area contributed by atoms with Gasteiger partial charge in [-0.15, -0.1) is 0 Å². The first-order valence-corrected chi connectivity index (χ1v) is 4.36. The molecule has 0 bridgehead atoms. The molecule has 0 saturated carbocycles. The van der Waals surface area contributed by atoms with Crippen LogP contribution in [0.15, 0.2) is 0 Å². The fourth-order valence-corrected chi connectivity index (χ4v) is 0.714. The molecule has 0 spiro atoms. The summed E-state index contributed by atoms with van der Waals surface area (Å²) in [6.07, 6.45) is -5.89. The van der Waals surface area contributed by atoms with E-state index in [1.165, 1.54) is 13.8 Å². The number of ether oxygens (including phenoxy) is 1. The SMILES string of the molecule is CC(NC(=O)OCC(F)(F)F)C(C)C(=O)O. The summed E-state index contributed by atoms with van der Waals surface area (Å²) in [6, 6.07) is -0.821. The van der Waals surface area contributed by atoms with Crippen LogP contribution < -0.4 is 5.32 Å². The largest absolute Gasteiger partial charge is 0.481 e. The van der Waals surface area contributed by atoms with Gasteiger partial charge in [0, 0.05) is 6.04 Å². The van der Waals surface area contributed by atoms with Gasteiger partial charge < -0.3 is 15.2 Å². The van der Waals surface area contributed by atoms with Gasteiger partial charge in [0.15, 0.2) is 6.61 Å². The molecule has 0 aromatic rings. The second-order valence-corrected chi connectivity index (χ2v) is 3.25. The van der Waals surface area contributed by atoms with Crippen molar-refractivity contribution in [1.29, 1.82) is 0 Å². The highest BCUT2D eigenvalue weighted by Gasteiger charge is 2.30. The highest BCUT2D eigenvalue weighted by atomic mass is 19.4. The zero-order valence-corrected chi connectivity index (χ0v) is 8.67. The molecule has 0 saturated heterocycles. The Bertz CT molecular complexity index is 266. The van der Waals surface area contributed by atoms with Gasteiger partial charge in [-0.2, -0.15) is 13.2 Å². The first kappa shape index (κ1) is 14.5. The van der Waals surface area contributed by atoms with Crippen molar-refractivity contribution in [1.82, 2.24) is 5.32 Å². The van der Waals surface area contributed by atoms with E-state index < -0.39 is 36.8 Å². The molecular formula is C8H12F3NO4. The summed E-state index contributed by atoms with van der Waals surface area (Å²) < 4.78 is 38.8. The zero-order valence-electron chi connectivity index (χ0n) is 8.67. The highest BCUT2D eigenvalue weighted by Crippen LogP contribution is 2.14. The average molecular weight is 243 g/mol. The summed E-state index contributed by atoms with van der Waals surface area (Å²) in [5, 5.41) is 10.5. The molecule has 94 valence electrons. The van der Waals surface area contributed by atoms with Crippen molar-refractivity contribution in [2.24, 2.45) is 5.92 Å². The summed E-state index contributed by atoms with van der Waals surface area (Å²) in [7, 11) is 0. The van der Waals surface area contributed by atoms with Crippen molar-refractivity contribution in [2.45, 2.75) is 26.1 Å². The molecular weight excluding hydrogens is 231 g/mol. The Morgan fingerprint density at radius 3 is 2.25 bits per heavy atom. The Balaban J connectivity index is 4.01. The average Bonchev–Trinajstić information content (AvgIpc) is 2.12. The number of alkyl carbamates (subject to hydrolysis) is 1. The molecule has 0 rings (SSSR count). The van der Waals surface area contributed by atoms with Gasteiger partial charge in [-0.25, -0.2) is 4.79 Å². The quantitative estimate of drug-likeness (QED) is 0.782. The summed E-state index contributed by atoms with van der Waals surface area (Å²) in [5.41, 5.74) is 0. The fraction of sp³-hybridized carbons (Fsp3) is 0.750. The lowest BCUT2D eigenvalue weighted by atomic mass is 10.1. The lowest BCUT2D eigenvalue weighted by Crippen LogP contribution is -2.41. The maximum Gasteiger partial charge on any atom is 0.422 e. The Labute approximate surface area is 89.6 Å². The van der Waals surface area contributed by atoms with E-state index in [-0.39, 0.29) is 0 Å². The van der Waals surface area contributed by atoms with E-state index in [0.29, 0.717) is 0 Å². The molecule has 1 amide bonds. The van der Waals surface area contributed by atoms with Crippen LogP contribution in [0, 0.1) is 5.92 Å². The molecule has 16 heavy (non-hydrogen) atoms. The predicted molar refractivity (Wildman–Crippen MR) is 46.8 cm³/mol. The summed E-state index contributed by atoms with van der Waals surface area (Å²) >= 11 is 0. The molecule has 8 heteroatoms. The number of carboxylic acids is 1. The number of rotatable bonds is 4. The molecule has 0 aliphatic heterocycles. The lowest BCUT2D eigenvalue weighted by Gasteiger charge is -2.17. The summed E-state index contributed by atoms with van der Waals surface area (Å²) in [6.45, 7) is 0.970. The van der Waals surface area contributed by atoms with Crippen molar-refractivity contribution >= 4 is 12.1 Å². The number of aliphatic carboxylic acids is 1. The van der Waals surface area contributed by atoms with Gasteiger partial charge in [-0.1, -0.05) is 0 Å². The van der Waals surface area contributed by atoms with Gasteiger partial charge in [0.2, 0.25) is 0 Å². The number of carbonyl (C=O) groups excluding carboxylic acids is 1. The minimum atomic E-state index is -4.60. The van der Waals surface area contributed by atoms with E-state index in [4.69, 9.17) is 5.11 Å². The normalized spacial score (nSPS) is 15.1. The molecule has 0 aliphatic rings. The number of hydrogen-bond acceptors (Lipinski definition) is 3. The Morgan fingerprint density at radius 1 is 1.38 bits per heavy atom. The minimum absolute atomic E-state index is 0.821. The predicted octanol–water partition coefficient (Wildman–Crippen LogP) is 1.38. The van der Waals surface area contributed by atoms with Crippen LogP contribution in [0.2, 0.25) is 0 Å². The third kappa shape index (κ3) is 6.10. The number of amides is 1. The topological polar surface area (TPSA) is 75.6 Å². The summed E-state index contributed by atoms with van der Waals surface area (Å²) in [5.74, 6) is -2.08. The van der Waals surface area contributed by atoms with Crippen molar-refractivity contribution < 1.29 is 32.6 Å². The van der Waals surface area contributed by atoms with E-state index in [9.17, 15) is 22.8 Å². The van der Waals surface area contributed by atoms with Gasteiger partial charge in [-0.05, 0) is 13.8 Å². The Morgan fingerprint density at radius 2 is 1.88 bits per heavy atom. The van der Waals surface area contributed by atoms with Crippen molar-refractivity contribution in [3.8, 4) is 0 Å². The summed E-state index contributed by atoms with van der Waals surface area (Å²) in [4.78, 5) is 21.3. The molecule has 0 aromatic heterocycles. The number of alkyl halides is 3. The van der Waals surface area contributed by atoms with Crippen LogP contribution in [-0.2, 0) is 9.53 Å². The number of carbonyl (C=O) groups is 2. The van der Waals surface area contributed by atoms with Crippen molar-refractivity contribution in [3.63, 3.8) is 0 Å². The van der Waals surface area contributed by atoms with Gasteiger partial charge >= 0.3 is 18.2 Å². The number of carboxylic acid groups (broad SMARTS) is 1. The Kier molecular flexibility index (Phi) is 5.06. The van der Waals surface area contributed by atoms with Gasteiger partial charge in [0.1, 0.15) is 0 Å². The monoisotopic (exact) mass is 243 g/mol. The lowest BCUT2D eigenvalue weighted by molar-refractivity contribution is -0.160. The van der Waals surface area contributed by atoms with E-state index in [0.717, 1.165) is 0 Å². The van der Waals surface area contributed by atoms with Crippen molar-refractivity contribution in [3.05, 3.63) is 0 Å². The molecule has 0 aliphatic carbocycles. The van der Waals surface area contributed by atoms with Gasteiger partial charge in [-0.3, -0.25) is 4.79 Å². The molecule has 5 nitrogen and oxygen atoms in total. The number of hydrogen-bond donors (Lipinski definition) is 2. The van der Waals surface area contributed by atoms with E-state index in [1.807, 2.05) is 5.32 Å². The van der Waals surface area contributed by atoms with Gasteiger partial charge in [0.25, 0.3) is 0 Å². The van der Waals surface area contributed by atoms with Crippen LogP contribution in [0.5, 0.6) is 0 Å². The molecule has 2 N–H and O–H groups in total. The second-order valence-electron chi connectivity index (χ2n) is 3.25. The van der Waals surface area contributed by atoms with E-state index in [2.05, 4.69) is 4.74 Å². The number of halogens is 3. The first-order chi connectivity index (χ1) is 7.13. The van der Waals surface area contributed by atoms with E-state index >= 15 is 0 Å². The maximum absolute atomic E-state index is 11.6. The van der Waals surface area contributed by atoms with Crippen LogP contribution in [0.25, 0.3) is 0 Å². The third-order valence-electron chi connectivity index (χ3n) is 1.85. The standard InChI is InChI=1S/C8H12F3NO4/c1-4(6(13)14)5(2)12-7(15)16-3-8(9,10)11/h4-5H,3H2,1-2H3,(H,12,15)(H,13,14). The van der Waals surface area contributed by atoms with E-state index in [1.54, 1.807) is 0 Å². The van der Waals surface area contributed by atoms with Crippen LogP contribution >= 0.6 is 0 Å². The smallest absolute Gasteiger partial charge is 0.422 e. The molecule has 2 atom stereocenters. The molecule has 0 radical (unpaired) electrons. The van der Waals surface area contributed by atoms with Crippen LogP contribution in [0.3, 0.4) is 0 Å². The van der Waals surface area contributed by atoms with Crippen molar-refractivity contribution in [2.75, 3.05) is 6.61 Å². The number of nitrogens with one attached hydrogen (secondary N) is 1. The van der Waals surface area contributed by atoms with Gasteiger partial charge in [0.05, 0.1) is 5.92 Å². The Hall–Kier alpha value is -1.47. The fourth-order valence-electron chi connectivity index (χ4n) is 0.714. The van der Waals surface area contributed by atoms with Crippen LogP contribution in [-0.4, -0.2) is 36.0 Å². The zero-order chi connectivity index (χ0) is 12.9. The molecule has 2 unspecified atom stereocenters. The maximum atomic E-state index is 11.6. The van der Waals surface area contributed by atoms with Crippen LogP contribution in [0.1, 0.15) is 13.8 Å². The molecule has 0 aromatic carbocycles. The highest BCUT2D eigenvalue weighted by molar-refractivity contribution is 5.73. The molecule has 0 heterocycles. The third-order valence-corrected chi connectivity index (χ3v) is 1.85. The molecule has 0 fully saturated rings. The second kappa shape index (κ2) is 5.57.